The third-order valence-corrected chi connectivity index (χ3v) is 4.43. The largest absolute Gasteiger partial charge is 0.479 e. The van der Waals surface area contributed by atoms with Crippen molar-refractivity contribution in [3.63, 3.8) is 0 Å². The number of hydrogen-bond donors (Lipinski definition) is 2. The van der Waals surface area contributed by atoms with Gasteiger partial charge in [0.1, 0.15) is 0 Å². The van der Waals surface area contributed by atoms with E-state index in [1.807, 2.05) is 0 Å². The molecule has 2 fully saturated rings. The zero-order valence-corrected chi connectivity index (χ0v) is 12.8. The van der Waals surface area contributed by atoms with Crippen LogP contribution in [0.3, 0.4) is 0 Å². The highest BCUT2D eigenvalue weighted by Gasteiger charge is 2.38. The molecule has 23 heavy (non-hydrogen) atoms. The van der Waals surface area contributed by atoms with Gasteiger partial charge in [-0.05, 0) is 24.3 Å². The first-order valence-corrected chi connectivity index (χ1v) is 7.90. The van der Waals surface area contributed by atoms with Crippen LogP contribution < -0.4 is 5.32 Å². The molecule has 6 nitrogen and oxygen atoms in total. The fourth-order valence-corrected chi connectivity index (χ4v) is 2.93. The highest BCUT2D eigenvalue weighted by Crippen LogP contribution is 2.32. The van der Waals surface area contributed by atoms with Crippen molar-refractivity contribution in [1.82, 2.24) is 10.2 Å². The van der Waals surface area contributed by atoms with Crippen molar-refractivity contribution in [2.45, 2.75) is 25.3 Å². The molecular formula is C17H20N2O4. The highest BCUT2D eigenvalue weighted by atomic mass is 16.4. The Balaban J connectivity index is 1.63. The number of benzene rings is 1. The Morgan fingerprint density at radius 1 is 1.26 bits per heavy atom. The van der Waals surface area contributed by atoms with E-state index in [4.69, 9.17) is 0 Å². The Morgan fingerprint density at radius 3 is 2.57 bits per heavy atom. The van der Waals surface area contributed by atoms with Gasteiger partial charge in [-0.2, -0.15) is 0 Å². The number of rotatable bonds is 6. The van der Waals surface area contributed by atoms with E-state index in [2.05, 4.69) is 5.32 Å². The number of nitrogens with zero attached hydrogens (tertiary/aromatic N) is 1. The van der Waals surface area contributed by atoms with Gasteiger partial charge < -0.3 is 15.3 Å². The zero-order valence-electron chi connectivity index (χ0n) is 12.8. The summed E-state index contributed by atoms with van der Waals surface area (Å²) in [5, 5.41) is 11.9. The number of carbonyl (C=O) groups excluding carboxylic acids is 2. The Morgan fingerprint density at radius 2 is 1.96 bits per heavy atom. The molecule has 1 aliphatic carbocycles. The van der Waals surface area contributed by atoms with Gasteiger partial charge >= 0.3 is 5.97 Å². The molecule has 2 atom stereocenters. The van der Waals surface area contributed by atoms with E-state index in [-0.39, 0.29) is 18.2 Å². The van der Waals surface area contributed by atoms with E-state index >= 15 is 0 Å². The second-order valence-corrected chi connectivity index (χ2v) is 6.33. The molecule has 1 aliphatic heterocycles. The van der Waals surface area contributed by atoms with Crippen LogP contribution in [0, 0.1) is 11.8 Å². The van der Waals surface area contributed by atoms with E-state index in [0.717, 1.165) is 19.4 Å². The standard InChI is InChI=1S/C17H20N2O4/c20-14-8-13(10-19(14)9-11-6-7-11)16(21)18-15(17(22)23)12-4-2-1-3-5-12/h1-5,11,13,15H,6-10H2,(H,18,21)(H,22,23). The van der Waals surface area contributed by atoms with Crippen molar-refractivity contribution in [3.05, 3.63) is 35.9 Å². The summed E-state index contributed by atoms with van der Waals surface area (Å²) in [6, 6.07) is 7.49. The fraction of sp³-hybridized carbons (Fsp3) is 0.471. The van der Waals surface area contributed by atoms with Crippen molar-refractivity contribution < 1.29 is 19.5 Å². The van der Waals surface area contributed by atoms with Crippen LogP contribution in [0.15, 0.2) is 30.3 Å². The SMILES string of the molecule is O=C(NC(C(=O)O)c1ccccc1)C1CC(=O)N(CC2CC2)C1. The number of amides is 2. The van der Waals surface area contributed by atoms with Gasteiger partial charge in [0.05, 0.1) is 5.92 Å². The summed E-state index contributed by atoms with van der Waals surface area (Å²) in [7, 11) is 0. The first kappa shape index (κ1) is 15.5. The predicted molar refractivity (Wildman–Crippen MR) is 82.4 cm³/mol. The molecule has 2 unspecified atom stereocenters. The van der Waals surface area contributed by atoms with Crippen molar-refractivity contribution in [2.24, 2.45) is 11.8 Å². The monoisotopic (exact) mass is 316 g/mol. The minimum Gasteiger partial charge on any atom is -0.479 e. The Hall–Kier alpha value is -2.37. The maximum Gasteiger partial charge on any atom is 0.330 e. The number of likely N-dealkylation sites (tertiary alicyclic amines) is 1. The van der Waals surface area contributed by atoms with Gasteiger partial charge in [0.2, 0.25) is 11.8 Å². The molecule has 0 aromatic heterocycles. The second kappa shape index (κ2) is 6.40. The lowest BCUT2D eigenvalue weighted by Gasteiger charge is -2.18. The van der Waals surface area contributed by atoms with Gasteiger partial charge in [0, 0.05) is 19.5 Å². The van der Waals surface area contributed by atoms with Gasteiger partial charge in [-0.3, -0.25) is 9.59 Å². The van der Waals surface area contributed by atoms with Crippen LogP contribution >= 0.6 is 0 Å². The Labute approximate surface area is 134 Å². The molecule has 1 aromatic carbocycles. The first-order chi connectivity index (χ1) is 11.0. The molecule has 1 heterocycles. The normalized spacial score (nSPS) is 22.0. The summed E-state index contributed by atoms with van der Waals surface area (Å²) in [4.78, 5) is 37.5. The van der Waals surface area contributed by atoms with E-state index < -0.39 is 17.9 Å². The van der Waals surface area contributed by atoms with E-state index in [1.165, 1.54) is 0 Å². The maximum atomic E-state index is 12.4. The quantitative estimate of drug-likeness (QED) is 0.825. The third-order valence-electron chi connectivity index (χ3n) is 4.43. The van der Waals surface area contributed by atoms with E-state index in [1.54, 1.807) is 35.2 Å². The van der Waals surface area contributed by atoms with Crippen LogP contribution in [0.4, 0.5) is 0 Å². The lowest BCUT2D eigenvalue weighted by atomic mass is 10.0. The molecule has 1 saturated carbocycles. The van der Waals surface area contributed by atoms with Gasteiger partial charge in [-0.1, -0.05) is 30.3 Å². The van der Waals surface area contributed by atoms with Crippen LogP contribution in [-0.2, 0) is 14.4 Å². The van der Waals surface area contributed by atoms with E-state index in [9.17, 15) is 19.5 Å². The summed E-state index contributed by atoms with van der Waals surface area (Å²) in [6.07, 6.45) is 2.46. The summed E-state index contributed by atoms with van der Waals surface area (Å²) >= 11 is 0. The predicted octanol–water partition coefficient (Wildman–Crippen LogP) is 1.19. The summed E-state index contributed by atoms with van der Waals surface area (Å²) in [6.45, 7) is 1.12. The number of nitrogens with one attached hydrogen (secondary N) is 1. The van der Waals surface area contributed by atoms with Gasteiger partial charge in [-0.25, -0.2) is 4.79 Å². The molecule has 0 spiro atoms. The molecule has 3 rings (SSSR count). The number of aliphatic carboxylic acids is 1. The highest BCUT2D eigenvalue weighted by molar-refractivity contribution is 5.91. The summed E-state index contributed by atoms with van der Waals surface area (Å²) < 4.78 is 0. The lowest BCUT2D eigenvalue weighted by molar-refractivity contribution is -0.142. The summed E-state index contributed by atoms with van der Waals surface area (Å²) in [5.41, 5.74) is 0.521. The van der Waals surface area contributed by atoms with Crippen molar-refractivity contribution >= 4 is 17.8 Å². The molecule has 0 bridgehead atoms. The maximum absolute atomic E-state index is 12.4. The van der Waals surface area contributed by atoms with Crippen LogP contribution in [0.1, 0.15) is 30.9 Å². The minimum absolute atomic E-state index is 0.0105. The van der Waals surface area contributed by atoms with Crippen molar-refractivity contribution in [2.75, 3.05) is 13.1 Å². The first-order valence-electron chi connectivity index (χ1n) is 7.90. The van der Waals surface area contributed by atoms with Crippen molar-refractivity contribution in [3.8, 4) is 0 Å². The summed E-state index contributed by atoms with van der Waals surface area (Å²) in [5.74, 6) is -1.37. The minimum atomic E-state index is -1.11. The Bertz CT molecular complexity index is 612. The third kappa shape index (κ3) is 3.70. The van der Waals surface area contributed by atoms with Crippen LogP contribution in [0.5, 0.6) is 0 Å². The number of carboxylic acids is 1. The van der Waals surface area contributed by atoms with Crippen LogP contribution in [0.25, 0.3) is 0 Å². The number of carbonyl (C=O) groups is 3. The fourth-order valence-electron chi connectivity index (χ4n) is 2.93. The van der Waals surface area contributed by atoms with Gasteiger partial charge in [0.15, 0.2) is 6.04 Å². The smallest absolute Gasteiger partial charge is 0.330 e. The van der Waals surface area contributed by atoms with Crippen LogP contribution in [0.2, 0.25) is 0 Å². The number of carboxylic acid groups (broad SMARTS) is 1. The molecule has 1 saturated heterocycles. The van der Waals surface area contributed by atoms with Crippen LogP contribution in [-0.4, -0.2) is 40.9 Å². The molecule has 0 radical (unpaired) electrons. The van der Waals surface area contributed by atoms with Gasteiger partial charge in [0.25, 0.3) is 0 Å². The molecule has 1 aromatic rings. The zero-order chi connectivity index (χ0) is 16.4. The Kier molecular flexibility index (Phi) is 4.32. The average Bonchev–Trinajstić information content (AvgIpc) is 3.28. The van der Waals surface area contributed by atoms with Crippen molar-refractivity contribution in [1.29, 1.82) is 0 Å². The van der Waals surface area contributed by atoms with E-state index in [0.29, 0.717) is 18.0 Å². The molecule has 2 amide bonds. The molecule has 122 valence electrons. The second-order valence-electron chi connectivity index (χ2n) is 6.33. The molecule has 2 N–H and O–H groups in total. The molecular weight excluding hydrogens is 296 g/mol. The molecule has 6 heteroatoms. The number of hydrogen-bond acceptors (Lipinski definition) is 3. The average molecular weight is 316 g/mol. The lowest BCUT2D eigenvalue weighted by Crippen LogP contribution is -2.38. The van der Waals surface area contributed by atoms with Gasteiger partial charge in [-0.15, -0.1) is 0 Å². The topological polar surface area (TPSA) is 86.7 Å². The molecule has 2 aliphatic rings.